The molecule has 14 heteroatoms. The Balaban J connectivity index is 2.29. The van der Waals surface area contributed by atoms with Gasteiger partial charge >= 0.3 is 20.3 Å². The van der Waals surface area contributed by atoms with E-state index in [1.165, 1.54) is 20.6 Å². The zero-order valence-corrected chi connectivity index (χ0v) is 16.7. The largest absolute Gasteiger partial charge is 0.508 e. The van der Waals surface area contributed by atoms with E-state index in [0.717, 1.165) is 0 Å². The zero-order valence-electron chi connectivity index (χ0n) is 16.7. The highest BCUT2D eigenvalue weighted by Gasteiger charge is 2.45. The van der Waals surface area contributed by atoms with Crippen molar-refractivity contribution in [3.05, 3.63) is 11.8 Å². The highest BCUT2D eigenvalue weighted by Crippen LogP contribution is 2.25. The normalized spacial score (nSPS) is 27.6. The molecular weight excluding hydrogens is 386 g/mol. The summed E-state index contributed by atoms with van der Waals surface area (Å²) in [5, 5.41) is 38.3. The maximum absolute atomic E-state index is 11.8. The quantitative estimate of drug-likeness (QED) is 0.122. The van der Waals surface area contributed by atoms with Gasteiger partial charge in [0, 0.05) is 6.92 Å². The summed E-state index contributed by atoms with van der Waals surface area (Å²) < 4.78 is 15.4. The Hall–Kier alpha value is -2.44. The van der Waals surface area contributed by atoms with Crippen molar-refractivity contribution in [1.29, 1.82) is 0 Å². The highest BCUT2D eigenvalue weighted by molar-refractivity contribution is 6.52. The van der Waals surface area contributed by atoms with Gasteiger partial charge in [-0.25, -0.2) is 4.79 Å². The van der Waals surface area contributed by atoms with Crippen LogP contribution in [0.4, 0.5) is 4.79 Å². The number of hydrogen-bond acceptors (Lipinski definition) is 9. The SMILES string of the molecule is CB(O)/N=C(/NB(C)O)N[C@H]1C=C(C)O[C@@H]([C@H](O)[C@H]2COC(=O)O2)[C@@H]1NC(C)=O. The summed E-state index contributed by atoms with van der Waals surface area (Å²) in [7, 11) is -2.04. The van der Waals surface area contributed by atoms with Crippen LogP contribution in [0.3, 0.4) is 0 Å². The van der Waals surface area contributed by atoms with Crippen LogP contribution in [0.2, 0.25) is 13.6 Å². The van der Waals surface area contributed by atoms with E-state index >= 15 is 0 Å². The molecule has 0 aromatic carbocycles. The van der Waals surface area contributed by atoms with Crippen LogP contribution >= 0.6 is 0 Å². The molecule has 0 aromatic rings. The summed E-state index contributed by atoms with van der Waals surface area (Å²) in [5.41, 5.74) is 0. The molecule has 1 saturated heterocycles. The van der Waals surface area contributed by atoms with Crippen LogP contribution in [-0.4, -0.2) is 84.3 Å². The molecule has 12 nitrogen and oxygen atoms in total. The van der Waals surface area contributed by atoms with E-state index in [1.54, 1.807) is 13.0 Å². The molecule has 5 atom stereocenters. The first-order valence-corrected chi connectivity index (χ1v) is 9.17. The number of carbonyl (C=O) groups is 2. The Labute approximate surface area is 168 Å². The van der Waals surface area contributed by atoms with Crippen molar-refractivity contribution in [3.8, 4) is 0 Å². The fourth-order valence-corrected chi connectivity index (χ4v) is 3.09. The number of aliphatic hydroxyl groups excluding tert-OH is 1. The second-order valence-electron chi connectivity index (χ2n) is 6.89. The van der Waals surface area contributed by atoms with E-state index in [4.69, 9.17) is 14.2 Å². The number of rotatable bonds is 6. The Morgan fingerprint density at radius 1 is 1.31 bits per heavy atom. The number of allylic oxidation sites excluding steroid dienone is 1. The number of hydrogen-bond donors (Lipinski definition) is 6. The van der Waals surface area contributed by atoms with Crippen molar-refractivity contribution in [3.63, 3.8) is 0 Å². The predicted octanol–water partition coefficient (Wildman–Crippen LogP) is -2.19. The number of ether oxygens (including phenoxy) is 3. The van der Waals surface area contributed by atoms with E-state index in [-0.39, 0.29) is 18.5 Å². The standard InChI is InChI=1S/C15H26B2N4O8/c1-7-5-9(19-14(20-16(3)25)21-17(4)26)11(18-8(2)22)13(28-7)12(23)10-6-27-15(24)29-10/h5,9-13,23,25-26H,6H2,1-4H3,(H,18,22)(H2,19,20,21)/t9-,10+,11+,12+,13+/m0/s1. The molecule has 2 aliphatic rings. The first-order valence-electron chi connectivity index (χ1n) is 9.17. The van der Waals surface area contributed by atoms with E-state index in [2.05, 4.69) is 20.8 Å². The molecule has 2 rings (SSSR count). The molecule has 160 valence electrons. The summed E-state index contributed by atoms with van der Waals surface area (Å²) in [6.07, 6.45) is -2.48. The Morgan fingerprint density at radius 2 is 2.00 bits per heavy atom. The van der Waals surface area contributed by atoms with Crippen LogP contribution in [0.5, 0.6) is 0 Å². The average molecular weight is 412 g/mol. The topological polar surface area (TPSA) is 171 Å². The number of nitrogens with zero attached hydrogens (tertiary/aromatic N) is 1. The van der Waals surface area contributed by atoms with Crippen LogP contribution in [0, 0.1) is 0 Å². The van der Waals surface area contributed by atoms with Gasteiger partial charge in [-0.2, -0.15) is 0 Å². The maximum Gasteiger partial charge on any atom is 0.508 e. The van der Waals surface area contributed by atoms with Crippen molar-refractivity contribution in [2.45, 2.75) is 57.9 Å². The minimum atomic E-state index is -1.30. The monoisotopic (exact) mass is 412 g/mol. The van der Waals surface area contributed by atoms with Gasteiger partial charge in [-0.15, -0.1) is 0 Å². The molecule has 0 aromatic heterocycles. The third-order valence-electron chi connectivity index (χ3n) is 4.14. The second-order valence-corrected chi connectivity index (χ2v) is 6.89. The number of amides is 1. The summed E-state index contributed by atoms with van der Waals surface area (Å²) in [4.78, 5) is 27.0. The van der Waals surface area contributed by atoms with Crippen LogP contribution in [0.25, 0.3) is 0 Å². The van der Waals surface area contributed by atoms with E-state index < -0.39 is 50.7 Å². The van der Waals surface area contributed by atoms with Gasteiger partial charge in [0.2, 0.25) is 5.91 Å². The van der Waals surface area contributed by atoms with Crippen molar-refractivity contribution in [2.75, 3.05) is 6.61 Å². The summed E-state index contributed by atoms with van der Waals surface area (Å²) in [6.45, 7) is 5.72. The van der Waals surface area contributed by atoms with Crippen LogP contribution in [0.1, 0.15) is 13.8 Å². The van der Waals surface area contributed by atoms with Gasteiger partial charge in [0.15, 0.2) is 18.2 Å². The molecule has 6 N–H and O–H groups in total. The molecule has 2 heterocycles. The minimum Gasteiger partial charge on any atom is -0.490 e. The fraction of sp³-hybridized carbons (Fsp3) is 0.667. The molecule has 0 aliphatic carbocycles. The molecule has 0 spiro atoms. The molecule has 2 aliphatic heterocycles. The van der Waals surface area contributed by atoms with Crippen molar-refractivity contribution in [2.24, 2.45) is 4.90 Å². The zero-order chi connectivity index (χ0) is 21.7. The number of carbonyl (C=O) groups excluding carboxylic acids is 2. The molecule has 0 saturated carbocycles. The first-order chi connectivity index (χ1) is 13.6. The lowest BCUT2D eigenvalue weighted by molar-refractivity contribution is -0.124. The number of aliphatic hydroxyl groups is 1. The Bertz CT molecular complexity index is 675. The van der Waals surface area contributed by atoms with Gasteiger partial charge in [-0.05, 0) is 26.6 Å². The third kappa shape index (κ3) is 6.54. The van der Waals surface area contributed by atoms with Gasteiger partial charge in [0.25, 0.3) is 0 Å². The van der Waals surface area contributed by atoms with Gasteiger partial charge in [-0.3, -0.25) is 9.70 Å². The molecule has 0 unspecified atom stereocenters. The Morgan fingerprint density at radius 3 is 2.52 bits per heavy atom. The summed E-state index contributed by atoms with van der Waals surface area (Å²) in [5.74, 6) is 0.129. The minimum absolute atomic E-state index is 0.0742. The molecule has 0 radical (unpaired) electrons. The average Bonchev–Trinajstić information content (AvgIpc) is 3.01. The first kappa shape index (κ1) is 22.8. The van der Waals surface area contributed by atoms with Gasteiger partial charge in [0.05, 0.1) is 17.8 Å². The predicted molar refractivity (Wildman–Crippen MR) is 104 cm³/mol. The molecular formula is C15H26B2N4O8. The molecule has 29 heavy (non-hydrogen) atoms. The number of nitrogens with one attached hydrogen (secondary N) is 3. The fourth-order valence-electron chi connectivity index (χ4n) is 3.09. The molecule has 0 bridgehead atoms. The second kappa shape index (κ2) is 9.85. The summed E-state index contributed by atoms with van der Waals surface area (Å²) >= 11 is 0. The number of guanidine groups is 1. The lowest BCUT2D eigenvalue weighted by Gasteiger charge is -2.40. The lowest BCUT2D eigenvalue weighted by atomic mass is 9.87. The lowest BCUT2D eigenvalue weighted by Crippen LogP contribution is -2.64. The molecule has 1 amide bonds. The maximum atomic E-state index is 11.8. The van der Waals surface area contributed by atoms with E-state index in [9.17, 15) is 24.7 Å². The highest BCUT2D eigenvalue weighted by atomic mass is 16.8. The summed E-state index contributed by atoms with van der Waals surface area (Å²) in [6, 6.07) is -1.45. The third-order valence-corrected chi connectivity index (χ3v) is 4.14. The smallest absolute Gasteiger partial charge is 0.490 e. The van der Waals surface area contributed by atoms with Gasteiger partial charge in [0.1, 0.15) is 12.7 Å². The Kier molecular flexibility index (Phi) is 7.76. The van der Waals surface area contributed by atoms with Crippen LogP contribution < -0.4 is 15.9 Å². The van der Waals surface area contributed by atoms with Crippen molar-refractivity contribution >= 4 is 32.1 Å². The van der Waals surface area contributed by atoms with Crippen molar-refractivity contribution < 1.29 is 39.0 Å². The van der Waals surface area contributed by atoms with Crippen LogP contribution in [0.15, 0.2) is 16.7 Å². The van der Waals surface area contributed by atoms with E-state index in [1.807, 2.05) is 0 Å². The number of cyclic esters (lactones) is 2. The van der Waals surface area contributed by atoms with Gasteiger partial charge in [-0.1, -0.05) is 0 Å². The van der Waals surface area contributed by atoms with Crippen molar-refractivity contribution in [1.82, 2.24) is 15.9 Å². The van der Waals surface area contributed by atoms with Gasteiger partial charge < -0.3 is 45.2 Å². The van der Waals surface area contributed by atoms with E-state index in [0.29, 0.717) is 5.76 Å². The van der Waals surface area contributed by atoms with Crippen LogP contribution in [-0.2, 0) is 19.0 Å². The molecule has 1 fully saturated rings.